The average molecular weight is 732 g/mol. The Morgan fingerprint density at radius 3 is 1.40 bits per heavy atom. The number of nitrogens with one attached hydrogen (secondary N) is 1. The van der Waals surface area contributed by atoms with Crippen molar-refractivity contribution < 1.29 is 24.5 Å². The highest BCUT2D eigenvalue weighted by Crippen LogP contribution is 2.13. The van der Waals surface area contributed by atoms with E-state index in [2.05, 4.69) is 43.5 Å². The van der Waals surface area contributed by atoms with Gasteiger partial charge in [0.1, 0.15) is 0 Å². The minimum atomic E-state index is -0.859. The van der Waals surface area contributed by atoms with E-state index < -0.39 is 12.1 Å². The molecule has 1 amide bonds. The molecule has 6 heteroatoms. The van der Waals surface area contributed by atoms with Gasteiger partial charge in [-0.3, -0.25) is 9.59 Å². The zero-order valence-corrected chi connectivity index (χ0v) is 34.3. The van der Waals surface area contributed by atoms with Crippen molar-refractivity contribution in [3.8, 4) is 0 Å². The first kappa shape index (κ1) is 50.1. The topological polar surface area (TPSA) is 95.9 Å². The molecule has 0 rings (SSSR count). The maximum Gasteiger partial charge on any atom is 0.305 e. The van der Waals surface area contributed by atoms with Crippen molar-refractivity contribution in [1.82, 2.24) is 5.32 Å². The summed E-state index contributed by atoms with van der Waals surface area (Å²) in [4.78, 5) is 24.3. The average Bonchev–Trinajstić information content (AvgIpc) is 3.14. The van der Waals surface area contributed by atoms with Crippen LogP contribution in [-0.2, 0) is 14.3 Å². The fraction of sp³-hybridized carbons (Fsp3) is 0.826. The number of amides is 1. The second-order valence-corrected chi connectivity index (χ2v) is 15.0. The first-order chi connectivity index (χ1) is 25.5. The Kier molecular flexibility index (Phi) is 40.3. The van der Waals surface area contributed by atoms with E-state index in [0.29, 0.717) is 19.4 Å². The maximum absolute atomic E-state index is 12.3. The lowest BCUT2D eigenvalue weighted by Crippen LogP contribution is -2.45. The van der Waals surface area contributed by atoms with Gasteiger partial charge in [-0.2, -0.15) is 0 Å². The van der Waals surface area contributed by atoms with Crippen molar-refractivity contribution in [2.24, 2.45) is 0 Å². The molecule has 0 aliphatic carbocycles. The monoisotopic (exact) mass is 732 g/mol. The molecule has 0 spiro atoms. The lowest BCUT2D eigenvalue weighted by Gasteiger charge is -2.20. The zero-order chi connectivity index (χ0) is 38.0. The van der Waals surface area contributed by atoms with Crippen molar-refractivity contribution in [3.05, 3.63) is 36.5 Å². The van der Waals surface area contributed by atoms with Crippen LogP contribution < -0.4 is 5.32 Å². The zero-order valence-electron chi connectivity index (χ0n) is 34.3. The predicted molar refractivity (Wildman–Crippen MR) is 222 cm³/mol. The van der Waals surface area contributed by atoms with E-state index in [1.807, 2.05) is 6.08 Å². The van der Waals surface area contributed by atoms with Gasteiger partial charge >= 0.3 is 5.97 Å². The molecule has 52 heavy (non-hydrogen) atoms. The highest BCUT2D eigenvalue weighted by Gasteiger charge is 2.18. The largest absolute Gasteiger partial charge is 0.466 e. The summed E-state index contributed by atoms with van der Waals surface area (Å²) in [6.45, 7) is 4.78. The van der Waals surface area contributed by atoms with Gasteiger partial charge in [-0.15, -0.1) is 0 Å². The van der Waals surface area contributed by atoms with Crippen LogP contribution in [-0.4, -0.2) is 47.4 Å². The lowest BCUT2D eigenvalue weighted by molar-refractivity contribution is -0.143. The molecule has 6 nitrogen and oxygen atoms in total. The number of allylic oxidation sites excluding steroid dienone is 5. The van der Waals surface area contributed by atoms with Crippen LogP contribution in [0.5, 0.6) is 0 Å². The second-order valence-electron chi connectivity index (χ2n) is 15.0. The van der Waals surface area contributed by atoms with Gasteiger partial charge in [0.2, 0.25) is 5.91 Å². The van der Waals surface area contributed by atoms with E-state index in [1.54, 1.807) is 6.08 Å². The van der Waals surface area contributed by atoms with Gasteiger partial charge in [-0.05, 0) is 89.9 Å². The summed E-state index contributed by atoms with van der Waals surface area (Å²) in [5, 5.41) is 22.9. The molecule has 3 N–H and O–H groups in total. The van der Waals surface area contributed by atoms with Gasteiger partial charge in [0.05, 0.1) is 25.4 Å². The number of hydrogen-bond donors (Lipinski definition) is 3. The summed E-state index contributed by atoms with van der Waals surface area (Å²) < 4.78 is 5.41. The number of aliphatic hydroxyl groups excluding tert-OH is 2. The molecule has 304 valence electrons. The molecule has 0 aliphatic rings. The molecule has 2 atom stereocenters. The van der Waals surface area contributed by atoms with Gasteiger partial charge in [0.25, 0.3) is 0 Å². The molecule has 0 fully saturated rings. The van der Waals surface area contributed by atoms with Crippen molar-refractivity contribution in [3.63, 3.8) is 0 Å². The van der Waals surface area contributed by atoms with E-state index in [4.69, 9.17) is 4.74 Å². The Morgan fingerprint density at radius 2 is 0.904 bits per heavy atom. The van der Waals surface area contributed by atoms with Crippen molar-refractivity contribution in [2.75, 3.05) is 13.2 Å². The molecule has 0 bridgehead atoms. The Morgan fingerprint density at radius 1 is 0.519 bits per heavy atom. The predicted octanol–water partition coefficient (Wildman–Crippen LogP) is 12.6. The summed E-state index contributed by atoms with van der Waals surface area (Å²) in [7, 11) is 0. The highest BCUT2D eigenvalue weighted by molar-refractivity contribution is 5.76. The van der Waals surface area contributed by atoms with Crippen LogP contribution in [0.4, 0.5) is 0 Å². The van der Waals surface area contributed by atoms with Gasteiger partial charge < -0.3 is 20.3 Å². The van der Waals surface area contributed by atoms with E-state index >= 15 is 0 Å². The van der Waals surface area contributed by atoms with Crippen LogP contribution in [0.25, 0.3) is 0 Å². The van der Waals surface area contributed by atoms with E-state index in [0.717, 1.165) is 83.5 Å². The molecule has 0 aromatic heterocycles. The molecular formula is C46H85NO5. The van der Waals surface area contributed by atoms with Crippen molar-refractivity contribution in [2.45, 2.75) is 231 Å². The molecule has 0 saturated heterocycles. The van der Waals surface area contributed by atoms with Crippen LogP contribution in [0.3, 0.4) is 0 Å². The van der Waals surface area contributed by atoms with Crippen LogP contribution >= 0.6 is 0 Å². The molecule has 2 unspecified atom stereocenters. The molecule has 0 saturated carbocycles. The normalized spacial score (nSPS) is 13.1. The smallest absolute Gasteiger partial charge is 0.305 e. The van der Waals surface area contributed by atoms with Crippen LogP contribution in [0.15, 0.2) is 36.5 Å². The quantitative estimate of drug-likeness (QED) is 0.0331. The van der Waals surface area contributed by atoms with Crippen LogP contribution in [0.2, 0.25) is 0 Å². The first-order valence-corrected chi connectivity index (χ1v) is 22.3. The fourth-order valence-corrected chi connectivity index (χ4v) is 6.38. The first-order valence-electron chi connectivity index (χ1n) is 22.3. The molecule has 0 aliphatic heterocycles. The molecular weight excluding hydrogens is 647 g/mol. The minimum Gasteiger partial charge on any atom is -0.466 e. The van der Waals surface area contributed by atoms with Crippen LogP contribution in [0, 0.1) is 0 Å². The number of aliphatic hydroxyl groups is 2. The Bertz CT molecular complexity index is 854. The Balaban J connectivity index is 3.57. The molecule has 0 aromatic carbocycles. The molecule has 0 aromatic rings. The third-order valence-corrected chi connectivity index (χ3v) is 9.88. The van der Waals surface area contributed by atoms with E-state index in [-0.39, 0.29) is 18.5 Å². The number of carbonyl (C=O) groups is 2. The second kappa shape index (κ2) is 41.8. The molecule has 0 heterocycles. The SMILES string of the molecule is CCCCC/C=C\CCCCCCCC(=O)OCCCCC/C=C\CCCCCCCC(=O)NC(CO)C(O)/C=C/CCCCCCCCCCC. The van der Waals surface area contributed by atoms with Gasteiger partial charge in [0, 0.05) is 12.8 Å². The number of hydrogen-bond acceptors (Lipinski definition) is 5. The fourth-order valence-electron chi connectivity index (χ4n) is 6.38. The molecule has 0 radical (unpaired) electrons. The standard InChI is InChI=1S/C46H85NO5/c1-3-5-7-9-11-13-15-20-24-28-32-36-40-46(51)52-41-37-33-29-25-21-17-16-19-23-27-31-35-39-45(50)47-43(42-48)44(49)38-34-30-26-22-18-14-12-10-8-6-4-2/h11,13,17,21,34,38,43-44,48-49H,3-10,12,14-16,18-20,22-33,35-37,39-42H2,1-2H3,(H,47,50)/b13-11-,21-17-,38-34+. The number of rotatable bonds is 40. The van der Waals surface area contributed by atoms with Gasteiger partial charge in [-0.25, -0.2) is 0 Å². The van der Waals surface area contributed by atoms with Gasteiger partial charge in [0.15, 0.2) is 0 Å². The summed E-state index contributed by atoms with van der Waals surface area (Å²) in [6, 6.07) is -0.645. The number of esters is 1. The maximum atomic E-state index is 12.3. The Hall–Kier alpha value is -1.92. The third kappa shape index (κ3) is 37.8. The number of carbonyl (C=O) groups excluding carboxylic acids is 2. The van der Waals surface area contributed by atoms with Gasteiger partial charge in [-0.1, -0.05) is 153 Å². The minimum absolute atomic E-state index is 0.0359. The van der Waals surface area contributed by atoms with Crippen molar-refractivity contribution in [1.29, 1.82) is 0 Å². The summed E-state index contributed by atoms with van der Waals surface area (Å²) >= 11 is 0. The van der Waals surface area contributed by atoms with Crippen LogP contribution in [0.1, 0.15) is 219 Å². The summed E-state index contributed by atoms with van der Waals surface area (Å²) in [5.41, 5.74) is 0. The Labute approximate surface area is 322 Å². The van der Waals surface area contributed by atoms with Crippen molar-refractivity contribution >= 4 is 11.9 Å². The number of ether oxygens (including phenoxy) is 1. The summed E-state index contributed by atoms with van der Waals surface area (Å²) in [5.74, 6) is -0.133. The summed E-state index contributed by atoms with van der Waals surface area (Å²) in [6.07, 6.45) is 48.4. The highest BCUT2D eigenvalue weighted by atomic mass is 16.5. The van der Waals surface area contributed by atoms with E-state index in [9.17, 15) is 19.8 Å². The lowest BCUT2D eigenvalue weighted by atomic mass is 10.1. The number of unbranched alkanes of at least 4 members (excludes halogenated alkanes) is 25. The van der Waals surface area contributed by atoms with E-state index in [1.165, 1.54) is 109 Å². The third-order valence-electron chi connectivity index (χ3n) is 9.88.